The van der Waals surface area contributed by atoms with Crippen molar-refractivity contribution in [1.82, 2.24) is 0 Å². The molecule has 1 aromatic rings. The minimum atomic E-state index is -0.860. The van der Waals surface area contributed by atoms with E-state index in [1.54, 1.807) is 0 Å². The van der Waals surface area contributed by atoms with Crippen molar-refractivity contribution in [3.05, 3.63) is 41.0 Å². The first-order valence-electron chi connectivity index (χ1n) is 5.98. The van der Waals surface area contributed by atoms with Crippen molar-refractivity contribution in [3.63, 3.8) is 0 Å². The summed E-state index contributed by atoms with van der Waals surface area (Å²) >= 11 is 0. The second-order valence-electron chi connectivity index (χ2n) is 4.61. The zero-order valence-electron chi connectivity index (χ0n) is 10.9. The van der Waals surface area contributed by atoms with Crippen molar-refractivity contribution < 1.29 is 9.90 Å². The topological polar surface area (TPSA) is 37.3 Å². The Morgan fingerprint density at radius 2 is 1.76 bits per heavy atom. The SMILES string of the molecule is CCC(C)c1ccc(C(C(=O)O)=C(C)C)cc1. The summed E-state index contributed by atoms with van der Waals surface area (Å²) in [6.45, 7) is 7.98. The third-order valence-electron chi connectivity index (χ3n) is 3.09. The lowest BCUT2D eigenvalue weighted by molar-refractivity contribution is -0.130. The van der Waals surface area contributed by atoms with Crippen LogP contribution in [0, 0.1) is 0 Å². The first kappa shape index (κ1) is 13.5. The standard InChI is InChI=1S/C15H20O2/c1-5-11(4)12-6-8-13(9-7-12)14(10(2)3)15(16)17/h6-9,11H,5H2,1-4H3,(H,16,17). The van der Waals surface area contributed by atoms with Crippen LogP contribution in [-0.2, 0) is 4.79 Å². The van der Waals surface area contributed by atoms with E-state index in [1.165, 1.54) is 5.56 Å². The third-order valence-corrected chi connectivity index (χ3v) is 3.09. The quantitative estimate of drug-likeness (QED) is 0.794. The van der Waals surface area contributed by atoms with Crippen LogP contribution < -0.4 is 0 Å². The van der Waals surface area contributed by atoms with Crippen LogP contribution in [0.5, 0.6) is 0 Å². The largest absolute Gasteiger partial charge is 0.478 e. The van der Waals surface area contributed by atoms with Gasteiger partial charge in [-0.25, -0.2) is 4.79 Å². The Hall–Kier alpha value is -1.57. The molecule has 0 aliphatic rings. The molecule has 0 saturated heterocycles. The highest BCUT2D eigenvalue weighted by Gasteiger charge is 2.12. The number of allylic oxidation sites excluding steroid dienone is 1. The number of aliphatic carboxylic acids is 1. The highest BCUT2D eigenvalue weighted by atomic mass is 16.4. The molecule has 0 radical (unpaired) electrons. The fourth-order valence-electron chi connectivity index (χ4n) is 1.84. The number of carboxylic acid groups (broad SMARTS) is 1. The molecule has 17 heavy (non-hydrogen) atoms. The van der Waals surface area contributed by atoms with Crippen LogP contribution >= 0.6 is 0 Å². The van der Waals surface area contributed by atoms with Crippen LogP contribution in [0.1, 0.15) is 51.2 Å². The maximum absolute atomic E-state index is 11.2. The zero-order chi connectivity index (χ0) is 13.0. The Kier molecular flexibility index (Phi) is 4.50. The lowest BCUT2D eigenvalue weighted by Gasteiger charge is -2.10. The van der Waals surface area contributed by atoms with Crippen molar-refractivity contribution in [1.29, 1.82) is 0 Å². The lowest BCUT2D eigenvalue weighted by Crippen LogP contribution is -2.02. The van der Waals surface area contributed by atoms with Gasteiger partial charge in [0.15, 0.2) is 0 Å². The maximum Gasteiger partial charge on any atom is 0.336 e. The van der Waals surface area contributed by atoms with Crippen molar-refractivity contribution in [2.75, 3.05) is 0 Å². The summed E-state index contributed by atoms with van der Waals surface area (Å²) < 4.78 is 0. The summed E-state index contributed by atoms with van der Waals surface area (Å²) in [5, 5.41) is 9.16. The number of carboxylic acids is 1. The molecule has 0 amide bonds. The minimum absolute atomic E-state index is 0.403. The van der Waals surface area contributed by atoms with Crippen LogP contribution in [0.15, 0.2) is 29.8 Å². The van der Waals surface area contributed by atoms with Gasteiger partial charge in [0, 0.05) is 0 Å². The first-order valence-corrected chi connectivity index (χ1v) is 5.98. The Balaban J connectivity index is 3.10. The zero-order valence-corrected chi connectivity index (χ0v) is 10.9. The van der Waals surface area contributed by atoms with E-state index >= 15 is 0 Å². The van der Waals surface area contributed by atoms with Gasteiger partial charge in [0.25, 0.3) is 0 Å². The fraction of sp³-hybridized carbons (Fsp3) is 0.400. The number of hydrogen-bond acceptors (Lipinski definition) is 1. The molecular weight excluding hydrogens is 212 g/mol. The average molecular weight is 232 g/mol. The molecule has 0 spiro atoms. The Morgan fingerprint density at radius 1 is 1.24 bits per heavy atom. The number of carbonyl (C=O) groups is 1. The Bertz CT molecular complexity index is 423. The summed E-state index contributed by atoms with van der Waals surface area (Å²) in [6.07, 6.45) is 1.09. The fourth-order valence-corrected chi connectivity index (χ4v) is 1.84. The molecule has 1 aromatic carbocycles. The van der Waals surface area contributed by atoms with Crippen LogP contribution in [0.3, 0.4) is 0 Å². The van der Waals surface area contributed by atoms with E-state index in [-0.39, 0.29) is 0 Å². The van der Waals surface area contributed by atoms with E-state index in [0.717, 1.165) is 17.6 Å². The van der Waals surface area contributed by atoms with E-state index in [0.29, 0.717) is 11.5 Å². The normalized spacial score (nSPS) is 12.0. The van der Waals surface area contributed by atoms with Gasteiger partial charge in [-0.2, -0.15) is 0 Å². The number of hydrogen-bond donors (Lipinski definition) is 1. The first-order chi connectivity index (χ1) is 7.97. The molecular formula is C15H20O2. The maximum atomic E-state index is 11.2. The van der Waals surface area contributed by atoms with Gasteiger partial charge >= 0.3 is 5.97 Å². The molecule has 92 valence electrons. The molecule has 0 aliphatic carbocycles. The highest BCUT2D eigenvalue weighted by molar-refractivity contribution is 6.16. The smallest absolute Gasteiger partial charge is 0.336 e. The van der Waals surface area contributed by atoms with Gasteiger partial charge in [-0.1, -0.05) is 43.7 Å². The van der Waals surface area contributed by atoms with Crippen LogP contribution in [0.2, 0.25) is 0 Å². The van der Waals surface area contributed by atoms with E-state index in [1.807, 2.05) is 38.1 Å². The van der Waals surface area contributed by atoms with Crippen molar-refractivity contribution >= 4 is 11.5 Å². The van der Waals surface area contributed by atoms with Crippen molar-refractivity contribution in [2.24, 2.45) is 0 Å². The highest BCUT2D eigenvalue weighted by Crippen LogP contribution is 2.23. The number of benzene rings is 1. The molecule has 0 saturated carbocycles. The van der Waals surface area contributed by atoms with E-state index in [4.69, 9.17) is 5.11 Å². The molecule has 1 unspecified atom stereocenters. The summed E-state index contributed by atoms with van der Waals surface area (Å²) in [5.74, 6) is -0.342. The van der Waals surface area contributed by atoms with E-state index in [9.17, 15) is 4.79 Å². The summed E-state index contributed by atoms with van der Waals surface area (Å²) in [5.41, 5.74) is 3.27. The molecule has 1 N–H and O–H groups in total. The van der Waals surface area contributed by atoms with Gasteiger partial charge in [0.05, 0.1) is 5.57 Å². The van der Waals surface area contributed by atoms with Gasteiger partial charge in [-0.05, 0) is 37.3 Å². The van der Waals surface area contributed by atoms with Crippen LogP contribution in [-0.4, -0.2) is 11.1 Å². The molecule has 0 heterocycles. The molecule has 0 bridgehead atoms. The molecule has 0 aromatic heterocycles. The van der Waals surface area contributed by atoms with Crippen LogP contribution in [0.4, 0.5) is 0 Å². The molecule has 2 heteroatoms. The molecule has 2 nitrogen and oxygen atoms in total. The monoisotopic (exact) mass is 232 g/mol. The number of rotatable bonds is 4. The van der Waals surface area contributed by atoms with Gasteiger partial charge in [-0.15, -0.1) is 0 Å². The summed E-state index contributed by atoms with van der Waals surface area (Å²) in [6, 6.07) is 7.85. The second-order valence-corrected chi connectivity index (χ2v) is 4.61. The van der Waals surface area contributed by atoms with Crippen molar-refractivity contribution in [2.45, 2.75) is 40.0 Å². The predicted octanol–water partition coefficient (Wildman–Crippen LogP) is 4.08. The Morgan fingerprint density at radius 3 is 2.12 bits per heavy atom. The van der Waals surface area contributed by atoms with E-state index < -0.39 is 5.97 Å². The minimum Gasteiger partial charge on any atom is -0.478 e. The van der Waals surface area contributed by atoms with Gasteiger partial charge in [0.1, 0.15) is 0 Å². The average Bonchev–Trinajstić information content (AvgIpc) is 2.28. The van der Waals surface area contributed by atoms with E-state index in [2.05, 4.69) is 13.8 Å². The second kappa shape index (κ2) is 5.67. The van der Waals surface area contributed by atoms with Crippen LogP contribution in [0.25, 0.3) is 5.57 Å². The molecule has 1 atom stereocenters. The molecule has 1 rings (SSSR count). The predicted molar refractivity (Wildman–Crippen MR) is 71.1 cm³/mol. The lowest BCUT2D eigenvalue weighted by atomic mass is 9.95. The van der Waals surface area contributed by atoms with Crippen molar-refractivity contribution in [3.8, 4) is 0 Å². The molecule has 0 fully saturated rings. The Labute approximate surface area is 103 Å². The van der Waals surface area contributed by atoms with Gasteiger partial charge in [-0.3, -0.25) is 0 Å². The molecule has 0 aliphatic heterocycles. The summed E-state index contributed by atoms with van der Waals surface area (Å²) in [7, 11) is 0. The summed E-state index contributed by atoms with van der Waals surface area (Å²) in [4.78, 5) is 11.2. The van der Waals surface area contributed by atoms with Gasteiger partial charge in [0.2, 0.25) is 0 Å². The third kappa shape index (κ3) is 3.19. The van der Waals surface area contributed by atoms with Gasteiger partial charge < -0.3 is 5.11 Å².